The summed E-state index contributed by atoms with van der Waals surface area (Å²) < 4.78 is 71.6. The highest BCUT2D eigenvalue weighted by Gasteiger charge is 2.38. The molecule has 0 fully saturated rings. The minimum absolute atomic E-state index is 0.0533. The minimum atomic E-state index is -4.95. The molecular formula is C24H13F5N8O2. The van der Waals surface area contributed by atoms with Gasteiger partial charge in [0.15, 0.2) is 5.82 Å². The van der Waals surface area contributed by atoms with Crippen LogP contribution in [0.4, 0.5) is 27.6 Å². The number of carbonyl (C=O) groups excluding carboxylic acids is 2. The van der Waals surface area contributed by atoms with Crippen molar-refractivity contribution in [1.82, 2.24) is 29.8 Å². The fraction of sp³-hybridized carbons (Fsp3) is 0.0833. The van der Waals surface area contributed by atoms with Gasteiger partial charge in [0.25, 0.3) is 18.2 Å². The number of anilines is 1. The Morgan fingerprint density at radius 3 is 2.49 bits per heavy atom. The van der Waals surface area contributed by atoms with E-state index in [2.05, 4.69) is 25.6 Å². The number of primary amides is 1. The van der Waals surface area contributed by atoms with Gasteiger partial charge in [0.1, 0.15) is 17.0 Å². The quantitative estimate of drug-likeness (QED) is 0.320. The Morgan fingerprint density at radius 1 is 1.08 bits per heavy atom. The molecule has 0 bridgehead atoms. The van der Waals surface area contributed by atoms with Crippen molar-refractivity contribution >= 4 is 28.3 Å². The normalized spacial score (nSPS) is 12.9. The number of nitrogens with two attached hydrogens (primary N) is 1. The lowest BCUT2D eigenvalue weighted by molar-refractivity contribution is -0.137. The first-order valence-corrected chi connectivity index (χ1v) is 11.1. The molecule has 3 aromatic heterocycles. The summed E-state index contributed by atoms with van der Waals surface area (Å²) in [6.07, 6.45) is -5.03. The van der Waals surface area contributed by atoms with Crippen molar-refractivity contribution < 1.29 is 31.5 Å². The molecule has 4 heterocycles. The Balaban J connectivity index is 1.63. The third kappa shape index (κ3) is 3.69. The molecule has 0 atom stereocenters. The summed E-state index contributed by atoms with van der Waals surface area (Å²) in [5.74, 6) is -2.39. The number of hydrogen-bond acceptors (Lipinski definition) is 6. The molecule has 0 aliphatic carbocycles. The Morgan fingerprint density at radius 2 is 1.82 bits per heavy atom. The molecule has 15 heteroatoms. The van der Waals surface area contributed by atoms with Crippen molar-refractivity contribution in [3.63, 3.8) is 0 Å². The summed E-state index contributed by atoms with van der Waals surface area (Å²) in [6, 6.07) is 8.13. The van der Waals surface area contributed by atoms with Crippen LogP contribution in [0.15, 0.2) is 55.0 Å². The first-order valence-electron chi connectivity index (χ1n) is 11.1. The maximum absolute atomic E-state index is 14.5. The number of carbonyl (C=O) groups is 2. The molecule has 1 aliphatic heterocycles. The highest BCUT2D eigenvalue weighted by molar-refractivity contribution is 6.25. The number of alkyl halides is 5. The van der Waals surface area contributed by atoms with E-state index in [0.717, 1.165) is 23.3 Å². The van der Waals surface area contributed by atoms with Gasteiger partial charge in [0.2, 0.25) is 0 Å². The van der Waals surface area contributed by atoms with E-state index in [-0.39, 0.29) is 5.69 Å². The van der Waals surface area contributed by atoms with Crippen LogP contribution >= 0.6 is 0 Å². The van der Waals surface area contributed by atoms with Gasteiger partial charge in [-0.15, -0.1) is 4.80 Å². The van der Waals surface area contributed by atoms with Crippen LogP contribution < -0.4 is 11.1 Å². The van der Waals surface area contributed by atoms with E-state index in [1.807, 2.05) is 0 Å². The summed E-state index contributed by atoms with van der Waals surface area (Å²) in [5, 5.41) is 14.9. The Kier molecular flexibility index (Phi) is 5.20. The van der Waals surface area contributed by atoms with Crippen molar-refractivity contribution in [3.8, 4) is 22.8 Å². The maximum Gasteiger partial charge on any atom is 0.420 e. The molecule has 3 N–H and O–H groups in total. The van der Waals surface area contributed by atoms with Gasteiger partial charge in [-0.2, -0.15) is 28.5 Å². The fourth-order valence-electron chi connectivity index (χ4n) is 4.60. The van der Waals surface area contributed by atoms with Crippen LogP contribution in [-0.4, -0.2) is 41.6 Å². The number of halogens is 5. The van der Waals surface area contributed by atoms with Crippen LogP contribution in [-0.2, 0) is 6.18 Å². The summed E-state index contributed by atoms with van der Waals surface area (Å²) in [7, 11) is 0. The molecular weight excluding hydrogens is 527 g/mol. The lowest BCUT2D eigenvalue weighted by atomic mass is 10.0. The molecule has 6 rings (SSSR count). The van der Waals surface area contributed by atoms with Gasteiger partial charge in [-0.25, -0.2) is 18.4 Å². The smallest absolute Gasteiger partial charge is 0.365 e. The number of nitrogens with one attached hydrogen (secondary N) is 1. The van der Waals surface area contributed by atoms with E-state index in [9.17, 15) is 31.5 Å². The van der Waals surface area contributed by atoms with Gasteiger partial charge in [0, 0.05) is 33.8 Å². The first-order chi connectivity index (χ1) is 18.6. The molecule has 0 unspecified atom stereocenters. The zero-order chi connectivity index (χ0) is 27.6. The Labute approximate surface area is 213 Å². The van der Waals surface area contributed by atoms with E-state index in [1.54, 1.807) is 18.2 Å². The average Bonchev–Trinajstić information content (AvgIpc) is 3.62. The lowest BCUT2D eigenvalue weighted by Crippen LogP contribution is -2.16. The summed E-state index contributed by atoms with van der Waals surface area (Å²) >= 11 is 0. The second-order valence-corrected chi connectivity index (χ2v) is 8.41. The molecule has 2 amide bonds. The third-order valence-corrected chi connectivity index (χ3v) is 6.17. The van der Waals surface area contributed by atoms with E-state index in [0.29, 0.717) is 32.9 Å². The second-order valence-electron chi connectivity index (χ2n) is 8.41. The molecule has 0 saturated heterocycles. The third-order valence-electron chi connectivity index (χ3n) is 6.17. The summed E-state index contributed by atoms with van der Waals surface area (Å²) in [4.78, 5) is 29.2. The molecule has 0 radical (unpaired) electrons. The number of rotatable bonds is 5. The topological polar surface area (TPSA) is 134 Å². The zero-order valence-electron chi connectivity index (χ0n) is 19.2. The molecule has 39 heavy (non-hydrogen) atoms. The second kappa shape index (κ2) is 8.41. The molecule has 1 aliphatic rings. The number of hydrogen-bond donors (Lipinski definition) is 2. The van der Waals surface area contributed by atoms with E-state index >= 15 is 0 Å². The monoisotopic (exact) mass is 540 g/mol. The fourth-order valence-corrected chi connectivity index (χ4v) is 4.60. The van der Waals surface area contributed by atoms with Crippen LogP contribution in [0, 0.1) is 0 Å². The van der Waals surface area contributed by atoms with Gasteiger partial charge in [-0.3, -0.25) is 9.59 Å². The molecule has 2 aromatic carbocycles. The van der Waals surface area contributed by atoms with E-state index < -0.39 is 58.3 Å². The maximum atomic E-state index is 14.5. The molecule has 0 saturated carbocycles. The summed E-state index contributed by atoms with van der Waals surface area (Å²) in [5.41, 5.74) is 2.32. The van der Waals surface area contributed by atoms with Crippen LogP contribution in [0.25, 0.3) is 33.5 Å². The first kappa shape index (κ1) is 24.1. The van der Waals surface area contributed by atoms with Crippen LogP contribution in [0.3, 0.4) is 0 Å². The molecule has 5 aromatic rings. The predicted molar refractivity (Wildman–Crippen MR) is 126 cm³/mol. The van der Waals surface area contributed by atoms with Gasteiger partial charge < -0.3 is 11.1 Å². The van der Waals surface area contributed by atoms with Crippen molar-refractivity contribution in [1.29, 1.82) is 0 Å². The number of pyridine rings is 1. The number of nitrogens with zero attached hydrogens (tertiary/aromatic N) is 6. The lowest BCUT2D eigenvalue weighted by Gasteiger charge is -2.12. The van der Waals surface area contributed by atoms with Gasteiger partial charge in [-0.1, -0.05) is 12.1 Å². The van der Waals surface area contributed by atoms with Crippen molar-refractivity contribution in [2.45, 2.75) is 12.6 Å². The van der Waals surface area contributed by atoms with Gasteiger partial charge >= 0.3 is 6.18 Å². The Bertz CT molecular complexity index is 1810. The standard InChI is InChI=1S/C24H13F5N8O2/c25-20(26)19-17(21(30)38)18(10-8-13(24(27,28)29)22(31-9-10)37-32-6-7-33-37)35-36(19)15-5-4-14-16-11(15)2-1-3-12(16)23(39)34-14/h1-9,20H,(H2,30,38)(H,34,39). The highest BCUT2D eigenvalue weighted by atomic mass is 19.4. The number of amides is 2. The van der Waals surface area contributed by atoms with Crippen molar-refractivity contribution in [3.05, 3.63) is 77.4 Å². The van der Waals surface area contributed by atoms with Crippen LogP contribution in [0.1, 0.15) is 38.4 Å². The minimum Gasteiger partial charge on any atom is -0.365 e. The van der Waals surface area contributed by atoms with Gasteiger partial charge in [0.05, 0.1) is 23.6 Å². The predicted octanol–water partition coefficient (Wildman–Crippen LogP) is 4.29. The highest BCUT2D eigenvalue weighted by Crippen LogP contribution is 2.41. The SMILES string of the molecule is NC(=O)c1c(-c2cnc(-n3nccn3)c(C(F)(F)F)c2)nn(-c2ccc3c4c(cccc24)C(=O)N3)c1C(F)F. The number of aromatic nitrogens is 6. The zero-order valence-corrected chi connectivity index (χ0v) is 19.2. The van der Waals surface area contributed by atoms with Crippen LogP contribution in [0.2, 0.25) is 0 Å². The van der Waals surface area contributed by atoms with E-state index in [4.69, 9.17) is 5.73 Å². The largest absolute Gasteiger partial charge is 0.420 e. The van der Waals surface area contributed by atoms with Gasteiger partial charge in [-0.05, 0) is 24.3 Å². The van der Waals surface area contributed by atoms with Crippen molar-refractivity contribution in [2.24, 2.45) is 5.73 Å². The average molecular weight is 540 g/mol. The molecule has 10 nitrogen and oxygen atoms in total. The van der Waals surface area contributed by atoms with Crippen LogP contribution in [0.5, 0.6) is 0 Å². The van der Waals surface area contributed by atoms with Crippen molar-refractivity contribution in [2.75, 3.05) is 5.32 Å². The van der Waals surface area contributed by atoms with E-state index in [1.165, 1.54) is 12.1 Å². The number of benzene rings is 2. The molecule has 0 spiro atoms. The Hall–Kier alpha value is -5.21. The molecule has 196 valence electrons. The summed E-state index contributed by atoms with van der Waals surface area (Å²) in [6.45, 7) is 0.